The van der Waals surface area contributed by atoms with Crippen LogP contribution < -0.4 is 11.1 Å². The second-order valence-electron chi connectivity index (χ2n) is 12.0. The molecule has 13 heteroatoms. The summed E-state index contributed by atoms with van der Waals surface area (Å²) in [4.78, 5) is 41.2. The number of nitrogens with zero attached hydrogens (tertiary/aromatic N) is 1. The number of benzene rings is 2. The number of likely N-dealkylation sites (N-methyl/N-ethyl adjacent to an activating group) is 1. The molecule has 0 spiro atoms. The summed E-state index contributed by atoms with van der Waals surface area (Å²) < 4.78 is 38.2. The van der Waals surface area contributed by atoms with Gasteiger partial charge in [-0.05, 0) is 79.2 Å². The van der Waals surface area contributed by atoms with Gasteiger partial charge in [-0.15, -0.1) is 0 Å². The molecule has 4 unspecified atom stereocenters. The number of aryl methyl sites for hydroxylation is 1. The quantitative estimate of drug-likeness (QED) is 0.252. The zero-order valence-corrected chi connectivity index (χ0v) is 24.8. The molecule has 10 nitrogen and oxygen atoms in total. The van der Waals surface area contributed by atoms with Gasteiger partial charge in [0.05, 0.1) is 18.2 Å². The number of Topliss-reactive ketones (excluding diaryl/α,β-unsaturated/α-hetero) is 2. The maximum Gasteiger partial charge on any atom is 0.401 e. The number of fused-ring (bicyclic) bond motifs is 3. The van der Waals surface area contributed by atoms with Gasteiger partial charge >= 0.3 is 6.18 Å². The maximum atomic E-state index is 14.1. The summed E-state index contributed by atoms with van der Waals surface area (Å²) in [5.74, 6) is -7.40. The first-order valence-corrected chi connectivity index (χ1v) is 14.4. The molecule has 7 N–H and O–H groups in total. The third-order valence-corrected chi connectivity index (χ3v) is 9.11. The molecule has 0 heterocycles. The lowest BCUT2D eigenvalue weighted by Crippen LogP contribution is -2.63. The number of phenolic OH excluding ortho intramolecular Hbond substituents is 1. The number of aliphatic hydroxyl groups excluding tert-OH is 2. The average molecular weight is 630 g/mol. The van der Waals surface area contributed by atoms with E-state index in [1.54, 1.807) is 38.4 Å². The predicted molar refractivity (Wildman–Crippen MR) is 156 cm³/mol. The smallest absolute Gasteiger partial charge is 0.401 e. The minimum atomic E-state index is -4.38. The van der Waals surface area contributed by atoms with Crippen molar-refractivity contribution in [2.75, 3.05) is 20.6 Å². The maximum absolute atomic E-state index is 14.1. The molecule has 2 aromatic rings. The molecule has 5 rings (SSSR count). The fourth-order valence-electron chi connectivity index (χ4n) is 7.14. The zero-order chi connectivity index (χ0) is 33.2. The zero-order valence-electron chi connectivity index (χ0n) is 24.8. The summed E-state index contributed by atoms with van der Waals surface area (Å²) >= 11 is 0. The SMILES string of the molecule is CCc1ccc(CNCC(F)(F)F)cc1-c1ccc(O)c2c1CC1CC3C(N(C)C)C(O)=C(C(N)=O)C(=O)C3(O)C(O)=C1C2=O. The molecule has 0 saturated heterocycles. The van der Waals surface area contributed by atoms with Gasteiger partial charge in [0.2, 0.25) is 5.78 Å². The lowest BCUT2D eigenvalue weighted by molar-refractivity contribution is -0.148. The summed E-state index contributed by atoms with van der Waals surface area (Å²) in [5.41, 5.74) is 4.39. The molecule has 3 aliphatic rings. The highest BCUT2D eigenvalue weighted by Gasteiger charge is 2.63. The summed E-state index contributed by atoms with van der Waals surface area (Å²) in [7, 11) is 3.10. The fraction of sp³-hybridized carbons (Fsp3) is 0.406. The number of carbonyl (C=O) groups excluding carboxylic acids is 3. The van der Waals surface area contributed by atoms with Crippen LogP contribution in [0.1, 0.15) is 40.4 Å². The second kappa shape index (κ2) is 11.3. The van der Waals surface area contributed by atoms with Crippen molar-refractivity contribution in [1.29, 1.82) is 0 Å². The van der Waals surface area contributed by atoms with Crippen LogP contribution in [0.5, 0.6) is 5.75 Å². The Balaban J connectivity index is 1.65. The third-order valence-electron chi connectivity index (χ3n) is 9.11. The van der Waals surface area contributed by atoms with Gasteiger partial charge in [0.25, 0.3) is 5.91 Å². The highest BCUT2D eigenvalue weighted by atomic mass is 19.4. The van der Waals surface area contributed by atoms with Crippen molar-refractivity contribution in [3.63, 3.8) is 0 Å². The van der Waals surface area contributed by atoms with Gasteiger partial charge in [-0.1, -0.05) is 25.1 Å². The number of hydrogen-bond acceptors (Lipinski definition) is 9. The van der Waals surface area contributed by atoms with Crippen LogP contribution in [0, 0.1) is 11.8 Å². The molecule has 0 aliphatic heterocycles. The van der Waals surface area contributed by atoms with Crippen molar-refractivity contribution in [3.8, 4) is 16.9 Å². The molecule has 45 heavy (non-hydrogen) atoms. The van der Waals surface area contributed by atoms with Crippen LogP contribution in [-0.4, -0.2) is 81.3 Å². The van der Waals surface area contributed by atoms with E-state index >= 15 is 0 Å². The van der Waals surface area contributed by atoms with Crippen molar-refractivity contribution in [2.24, 2.45) is 17.6 Å². The molecular weight excluding hydrogens is 595 g/mol. The fourth-order valence-corrected chi connectivity index (χ4v) is 7.14. The van der Waals surface area contributed by atoms with Gasteiger partial charge in [0.15, 0.2) is 11.4 Å². The Labute approximate surface area is 256 Å². The average Bonchev–Trinajstić information content (AvgIpc) is 2.94. The van der Waals surface area contributed by atoms with E-state index in [1.165, 1.54) is 11.0 Å². The number of halogens is 3. The van der Waals surface area contributed by atoms with E-state index in [1.807, 2.05) is 6.92 Å². The Kier molecular flexibility index (Phi) is 8.09. The van der Waals surface area contributed by atoms with Crippen LogP contribution in [0.3, 0.4) is 0 Å². The van der Waals surface area contributed by atoms with E-state index in [-0.39, 0.29) is 30.5 Å². The van der Waals surface area contributed by atoms with E-state index in [4.69, 9.17) is 5.73 Å². The monoisotopic (exact) mass is 629 g/mol. The molecule has 4 atom stereocenters. The Morgan fingerprint density at radius 1 is 1.11 bits per heavy atom. The summed E-state index contributed by atoms with van der Waals surface area (Å²) in [6, 6.07) is 7.05. The van der Waals surface area contributed by atoms with Gasteiger partial charge in [0.1, 0.15) is 22.8 Å². The first kappa shape index (κ1) is 32.2. The Hall–Kier alpha value is -4.20. The second-order valence-corrected chi connectivity index (χ2v) is 12.0. The van der Waals surface area contributed by atoms with Crippen LogP contribution in [0.4, 0.5) is 13.2 Å². The first-order chi connectivity index (χ1) is 21.0. The minimum Gasteiger partial charge on any atom is -0.510 e. The van der Waals surface area contributed by atoms with Crippen molar-refractivity contribution >= 4 is 17.5 Å². The van der Waals surface area contributed by atoms with E-state index in [0.717, 1.165) is 5.56 Å². The first-order valence-electron chi connectivity index (χ1n) is 14.4. The number of carbonyl (C=O) groups is 3. The number of nitrogens with two attached hydrogens (primary N) is 1. The predicted octanol–water partition coefficient (Wildman–Crippen LogP) is 3.00. The number of rotatable bonds is 7. The standard InChI is InChI=1S/C32H34F3N3O7/c1-4-15-6-5-14(12-37-13-31(33,34)35)9-18(15)17-7-8-21(39)23-19(17)10-16-11-20-25(38(2)3)27(41)24(30(36)44)29(43)32(20,45)28(42)22(16)26(23)40/h5-9,16,20,25,37,39,41-42,45H,4,10-13H2,1-3H3,(H2,36,44). The van der Waals surface area contributed by atoms with Crippen LogP contribution >= 0.6 is 0 Å². The number of allylic oxidation sites excluding steroid dienone is 1. The van der Waals surface area contributed by atoms with E-state index in [2.05, 4.69) is 5.32 Å². The number of aromatic hydroxyl groups is 1. The van der Waals surface area contributed by atoms with Crippen LogP contribution in [-0.2, 0) is 29.0 Å². The molecule has 0 fully saturated rings. The Morgan fingerprint density at radius 3 is 2.40 bits per heavy atom. The minimum absolute atomic E-state index is 0.0659. The van der Waals surface area contributed by atoms with Crippen molar-refractivity contribution in [2.45, 2.75) is 50.6 Å². The summed E-state index contributed by atoms with van der Waals surface area (Å²) in [6.07, 6.45) is -3.81. The van der Waals surface area contributed by atoms with Gasteiger partial charge < -0.3 is 31.5 Å². The highest BCUT2D eigenvalue weighted by Crippen LogP contribution is 2.53. The molecule has 0 bridgehead atoms. The molecule has 1 amide bonds. The van der Waals surface area contributed by atoms with Crippen molar-refractivity contribution < 1.29 is 48.0 Å². The van der Waals surface area contributed by atoms with Gasteiger partial charge in [-0.3, -0.25) is 19.3 Å². The summed E-state index contributed by atoms with van der Waals surface area (Å²) in [6.45, 7) is 0.668. The largest absolute Gasteiger partial charge is 0.510 e. The van der Waals surface area contributed by atoms with Crippen molar-refractivity contribution in [3.05, 3.63) is 75.3 Å². The molecule has 0 saturated carbocycles. The Morgan fingerprint density at radius 2 is 1.80 bits per heavy atom. The number of aliphatic hydroxyl groups is 3. The van der Waals surface area contributed by atoms with Gasteiger partial charge in [0, 0.05) is 18.0 Å². The van der Waals surface area contributed by atoms with E-state index in [9.17, 15) is 48.0 Å². The topological polar surface area (TPSA) is 173 Å². The lowest BCUT2D eigenvalue weighted by Gasteiger charge is -2.50. The molecule has 0 aromatic heterocycles. The van der Waals surface area contributed by atoms with Crippen LogP contribution in [0.15, 0.2) is 53.0 Å². The van der Waals surface area contributed by atoms with Crippen LogP contribution in [0.25, 0.3) is 11.1 Å². The normalized spacial score (nSPS) is 24.9. The summed E-state index contributed by atoms with van der Waals surface area (Å²) in [5, 5.41) is 47.5. The van der Waals surface area contributed by atoms with E-state index in [0.29, 0.717) is 28.7 Å². The third kappa shape index (κ3) is 5.18. The molecule has 240 valence electrons. The Bertz CT molecular complexity index is 1680. The lowest BCUT2D eigenvalue weighted by atomic mass is 9.58. The number of amides is 1. The molecule has 0 radical (unpaired) electrons. The van der Waals surface area contributed by atoms with Gasteiger partial charge in [-0.2, -0.15) is 13.2 Å². The molecule has 2 aromatic carbocycles. The molecule has 3 aliphatic carbocycles. The number of primary amides is 1. The highest BCUT2D eigenvalue weighted by molar-refractivity contribution is 6.24. The number of alkyl halides is 3. The van der Waals surface area contributed by atoms with Crippen LogP contribution in [0.2, 0.25) is 0 Å². The number of hydrogen-bond donors (Lipinski definition) is 6. The number of nitrogens with one attached hydrogen (secondary N) is 1. The number of phenols is 1. The number of ketones is 2. The van der Waals surface area contributed by atoms with E-state index < -0.39 is 76.5 Å². The molecular formula is C32H34F3N3O7. The van der Waals surface area contributed by atoms with Crippen molar-refractivity contribution in [1.82, 2.24) is 10.2 Å². The van der Waals surface area contributed by atoms with Gasteiger partial charge in [-0.25, -0.2) is 0 Å².